The number of unbranched alkanes of at least 4 members (excludes halogenated alkanes) is 9. The lowest BCUT2D eigenvalue weighted by molar-refractivity contribution is 0.103. The van der Waals surface area contributed by atoms with Gasteiger partial charge in [0.2, 0.25) is 0 Å². The summed E-state index contributed by atoms with van der Waals surface area (Å²) < 4.78 is 0. The zero-order valence-corrected chi connectivity index (χ0v) is 18.5. The van der Waals surface area contributed by atoms with E-state index in [1.54, 1.807) is 18.2 Å². The van der Waals surface area contributed by atoms with Crippen LogP contribution in [0.5, 0.6) is 0 Å². The molecule has 0 N–H and O–H groups in total. The molecule has 2 aromatic carbocycles. The Balaban J connectivity index is 1.69. The van der Waals surface area contributed by atoms with Crippen molar-refractivity contribution in [2.45, 2.75) is 77.6 Å². The molecule has 0 unspecified atom stereocenters. The van der Waals surface area contributed by atoms with Crippen LogP contribution in [0.4, 0.5) is 0 Å². The molecular weight excluding hydrogens is 387 g/mol. The Bertz CT molecular complexity index is 722. The molecule has 152 valence electrons. The van der Waals surface area contributed by atoms with Gasteiger partial charge in [0.15, 0.2) is 5.78 Å². The molecule has 0 bridgehead atoms. The Hall–Kier alpha value is -1.31. The smallest absolute Gasteiger partial charge is 0.194 e. The minimum absolute atomic E-state index is 0.0852. The average molecular weight is 419 g/mol. The minimum atomic E-state index is -0.0852. The number of carbonyl (C=O) groups excluding carboxylic acids is 1. The van der Waals surface area contributed by atoms with E-state index in [2.05, 4.69) is 19.1 Å². The number of rotatable bonds is 13. The van der Waals surface area contributed by atoms with Gasteiger partial charge in [0.1, 0.15) is 0 Å². The number of hydrogen-bond acceptors (Lipinski definition) is 1. The maximum Gasteiger partial charge on any atom is 0.194 e. The van der Waals surface area contributed by atoms with Crippen LogP contribution in [0.2, 0.25) is 10.0 Å². The van der Waals surface area contributed by atoms with E-state index in [4.69, 9.17) is 23.2 Å². The van der Waals surface area contributed by atoms with E-state index in [1.165, 1.54) is 69.8 Å². The second-order valence-corrected chi connectivity index (χ2v) is 8.43. The molecule has 0 atom stereocenters. The van der Waals surface area contributed by atoms with Crippen molar-refractivity contribution in [3.63, 3.8) is 0 Å². The van der Waals surface area contributed by atoms with Crippen molar-refractivity contribution in [3.05, 3.63) is 69.2 Å². The van der Waals surface area contributed by atoms with Crippen molar-refractivity contribution in [1.29, 1.82) is 0 Å². The summed E-state index contributed by atoms with van der Waals surface area (Å²) in [7, 11) is 0. The molecule has 0 fully saturated rings. The van der Waals surface area contributed by atoms with Crippen LogP contribution in [0.3, 0.4) is 0 Å². The Morgan fingerprint density at radius 3 is 1.93 bits per heavy atom. The molecule has 2 rings (SSSR count). The van der Waals surface area contributed by atoms with Crippen LogP contribution < -0.4 is 0 Å². The van der Waals surface area contributed by atoms with Gasteiger partial charge in [-0.3, -0.25) is 4.79 Å². The van der Waals surface area contributed by atoms with E-state index in [-0.39, 0.29) is 5.78 Å². The number of ketones is 1. The summed E-state index contributed by atoms with van der Waals surface area (Å²) in [6, 6.07) is 12.9. The van der Waals surface area contributed by atoms with Gasteiger partial charge >= 0.3 is 0 Å². The van der Waals surface area contributed by atoms with Gasteiger partial charge in [0.25, 0.3) is 0 Å². The highest BCUT2D eigenvalue weighted by atomic mass is 35.5. The van der Waals surface area contributed by atoms with E-state index in [9.17, 15) is 4.79 Å². The average Bonchev–Trinajstić information content (AvgIpc) is 2.71. The summed E-state index contributed by atoms with van der Waals surface area (Å²) in [6.45, 7) is 2.26. The van der Waals surface area contributed by atoms with Crippen molar-refractivity contribution in [1.82, 2.24) is 0 Å². The molecule has 1 nitrogen and oxygen atoms in total. The van der Waals surface area contributed by atoms with Gasteiger partial charge in [-0.25, -0.2) is 0 Å². The van der Waals surface area contributed by atoms with Crippen LogP contribution in [-0.2, 0) is 6.42 Å². The molecule has 0 aliphatic carbocycles. The fourth-order valence-electron chi connectivity index (χ4n) is 3.47. The van der Waals surface area contributed by atoms with E-state index in [0.717, 1.165) is 6.42 Å². The van der Waals surface area contributed by atoms with E-state index >= 15 is 0 Å². The molecule has 2 aromatic rings. The Kier molecular flexibility index (Phi) is 10.7. The van der Waals surface area contributed by atoms with Gasteiger partial charge in [-0.1, -0.05) is 112 Å². The second kappa shape index (κ2) is 13.0. The monoisotopic (exact) mass is 418 g/mol. The zero-order valence-electron chi connectivity index (χ0n) is 17.0. The highest BCUT2D eigenvalue weighted by molar-refractivity contribution is 6.36. The summed E-state index contributed by atoms with van der Waals surface area (Å²) >= 11 is 12.1. The highest BCUT2D eigenvalue weighted by Crippen LogP contribution is 2.24. The third-order valence-electron chi connectivity index (χ3n) is 5.21. The third kappa shape index (κ3) is 7.97. The van der Waals surface area contributed by atoms with Gasteiger partial charge in [-0.2, -0.15) is 0 Å². The number of halogens is 2. The van der Waals surface area contributed by atoms with Crippen LogP contribution >= 0.6 is 23.2 Å². The quantitative estimate of drug-likeness (QED) is 0.234. The molecule has 0 heterocycles. The van der Waals surface area contributed by atoms with E-state index < -0.39 is 0 Å². The lowest BCUT2D eigenvalue weighted by Crippen LogP contribution is -2.02. The molecule has 0 spiro atoms. The molecule has 0 amide bonds. The minimum Gasteiger partial charge on any atom is -0.289 e. The topological polar surface area (TPSA) is 17.1 Å². The van der Waals surface area contributed by atoms with Gasteiger partial charge in [-0.15, -0.1) is 0 Å². The number of benzene rings is 2. The molecule has 0 aliphatic rings. The maximum atomic E-state index is 12.6. The summed E-state index contributed by atoms with van der Waals surface area (Å²) in [6.07, 6.45) is 14.5. The predicted molar refractivity (Wildman–Crippen MR) is 122 cm³/mol. The molecular formula is C25H32Cl2O. The van der Waals surface area contributed by atoms with Crippen LogP contribution in [-0.4, -0.2) is 5.78 Å². The van der Waals surface area contributed by atoms with Crippen molar-refractivity contribution in [2.24, 2.45) is 0 Å². The standard InChI is InChI=1S/C25H32Cl2O/c1-2-3-4-5-6-7-8-9-10-11-12-20-13-15-21(16-14-20)25(28)23-19-22(26)17-18-24(23)27/h13-19H,2-12H2,1H3. The third-order valence-corrected chi connectivity index (χ3v) is 5.77. The molecule has 0 saturated heterocycles. The Morgan fingerprint density at radius 2 is 1.32 bits per heavy atom. The van der Waals surface area contributed by atoms with E-state index in [1.807, 2.05) is 12.1 Å². The first kappa shape index (κ1) is 23.0. The largest absolute Gasteiger partial charge is 0.289 e. The first-order chi connectivity index (χ1) is 13.6. The van der Waals surface area contributed by atoms with Crippen molar-refractivity contribution >= 4 is 29.0 Å². The van der Waals surface area contributed by atoms with Crippen LogP contribution in [0, 0.1) is 0 Å². The number of hydrogen-bond donors (Lipinski definition) is 0. The molecule has 0 radical (unpaired) electrons. The Morgan fingerprint density at radius 1 is 0.750 bits per heavy atom. The number of aryl methyl sites for hydroxylation is 1. The van der Waals surface area contributed by atoms with E-state index in [0.29, 0.717) is 21.2 Å². The van der Waals surface area contributed by atoms with Crippen molar-refractivity contribution in [3.8, 4) is 0 Å². The van der Waals surface area contributed by atoms with Crippen LogP contribution in [0.25, 0.3) is 0 Å². The van der Waals surface area contributed by atoms with Crippen molar-refractivity contribution in [2.75, 3.05) is 0 Å². The van der Waals surface area contributed by atoms with Crippen LogP contribution in [0.1, 0.15) is 92.6 Å². The fourth-order valence-corrected chi connectivity index (χ4v) is 3.84. The number of carbonyl (C=O) groups is 1. The Labute approximate surface area is 180 Å². The fraction of sp³-hybridized carbons (Fsp3) is 0.480. The molecule has 28 heavy (non-hydrogen) atoms. The zero-order chi connectivity index (χ0) is 20.2. The normalized spacial score (nSPS) is 11.0. The second-order valence-electron chi connectivity index (χ2n) is 7.58. The molecule has 0 aromatic heterocycles. The van der Waals surface area contributed by atoms with Crippen molar-refractivity contribution < 1.29 is 4.79 Å². The SMILES string of the molecule is CCCCCCCCCCCCc1ccc(C(=O)c2cc(Cl)ccc2Cl)cc1. The van der Waals surface area contributed by atoms with Gasteiger partial charge < -0.3 is 0 Å². The lowest BCUT2D eigenvalue weighted by atomic mass is 9.99. The first-order valence-corrected chi connectivity index (χ1v) is 11.5. The van der Waals surface area contributed by atoms with Gasteiger partial charge in [0.05, 0.1) is 5.02 Å². The van der Waals surface area contributed by atoms with Crippen LogP contribution in [0.15, 0.2) is 42.5 Å². The molecule has 3 heteroatoms. The summed E-state index contributed by atoms with van der Waals surface area (Å²) in [5.74, 6) is -0.0852. The van der Waals surface area contributed by atoms with Gasteiger partial charge in [-0.05, 0) is 36.6 Å². The first-order valence-electron chi connectivity index (χ1n) is 10.7. The van der Waals surface area contributed by atoms with Gasteiger partial charge in [0, 0.05) is 16.1 Å². The summed E-state index contributed by atoms with van der Waals surface area (Å²) in [5.41, 5.74) is 2.39. The molecule has 0 saturated carbocycles. The summed E-state index contributed by atoms with van der Waals surface area (Å²) in [4.78, 5) is 12.6. The highest BCUT2D eigenvalue weighted by Gasteiger charge is 2.13. The maximum absolute atomic E-state index is 12.6. The lowest BCUT2D eigenvalue weighted by Gasteiger charge is -2.06. The molecule has 0 aliphatic heterocycles. The summed E-state index contributed by atoms with van der Waals surface area (Å²) in [5, 5.41) is 0.953. The predicted octanol–water partition coefficient (Wildman–Crippen LogP) is 8.69.